The van der Waals surface area contributed by atoms with Gasteiger partial charge in [-0.2, -0.15) is 0 Å². The molecule has 0 aromatic heterocycles. The quantitative estimate of drug-likeness (QED) is 0.731. The van der Waals surface area contributed by atoms with Crippen LogP contribution in [-0.4, -0.2) is 11.1 Å². The molecule has 0 unspecified atom stereocenters. The first-order chi connectivity index (χ1) is 11.3. The number of carboxylic acid groups (broad SMARTS) is 1. The minimum Gasteiger partial charge on any atom is -0.481 e. The fourth-order valence-corrected chi connectivity index (χ4v) is 2.16. The maximum absolute atomic E-state index is 10.2. The minimum absolute atomic E-state index is 0.212. The molecule has 0 saturated heterocycles. The van der Waals surface area contributed by atoms with Gasteiger partial charge >= 0.3 is 5.97 Å². The molecule has 0 bridgehead atoms. The van der Waals surface area contributed by atoms with E-state index in [0.29, 0.717) is 6.42 Å². The maximum Gasteiger partial charge on any atom is 0.303 e. The second kappa shape index (κ2) is 9.21. The van der Waals surface area contributed by atoms with Gasteiger partial charge in [0.25, 0.3) is 0 Å². The van der Waals surface area contributed by atoms with Crippen LogP contribution in [0.25, 0.3) is 11.1 Å². The first-order valence-electron chi connectivity index (χ1n) is 7.62. The van der Waals surface area contributed by atoms with Crippen LogP contribution in [-0.2, 0) is 11.2 Å². The van der Waals surface area contributed by atoms with Crippen molar-refractivity contribution in [3.63, 3.8) is 0 Å². The Labute approximate surface area is 137 Å². The number of rotatable bonds is 4. The molecule has 0 aliphatic rings. The lowest BCUT2D eigenvalue weighted by atomic mass is 10.1. The van der Waals surface area contributed by atoms with Crippen molar-refractivity contribution < 1.29 is 9.90 Å². The van der Waals surface area contributed by atoms with Crippen LogP contribution in [0.3, 0.4) is 0 Å². The predicted octanol–water partition coefficient (Wildman–Crippen LogP) is 5.06. The highest BCUT2D eigenvalue weighted by Crippen LogP contribution is 2.17. The smallest absolute Gasteiger partial charge is 0.303 e. The van der Waals surface area contributed by atoms with Crippen LogP contribution < -0.4 is 0 Å². The third-order valence-corrected chi connectivity index (χ3v) is 3.35. The van der Waals surface area contributed by atoms with Gasteiger partial charge in [0, 0.05) is 6.42 Å². The Morgan fingerprint density at radius 1 is 0.652 bits per heavy atom. The van der Waals surface area contributed by atoms with E-state index in [1.54, 1.807) is 0 Å². The molecule has 3 aromatic carbocycles. The second-order valence-electron chi connectivity index (χ2n) is 5.11. The molecule has 3 aromatic rings. The lowest BCUT2D eigenvalue weighted by molar-refractivity contribution is -0.136. The van der Waals surface area contributed by atoms with E-state index in [1.807, 2.05) is 42.5 Å². The van der Waals surface area contributed by atoms with Crippen molar-refractivity contribution in [3.05, 3.63) is 96.6 Å². The molecule has 0 heterocycles. The molecule has 2 nitrogen and oxygen atoms in total. The van der Waals surface area contributed by atoms with Crippen LogP contribution in [0.2, 0.25) is 0 Å². The van der Waals surface area contributed by atoms with Crippen LogP contribution in [0.15, 0.2) is 91.0 Å². The molecule has 2 heteroatoms. The third-order valence-electron chi connectivity index (χ3n) is 3.35. The van der Waals surface area contributed by atoms with Crippen LogP contribution in [0.5, 0.6) is 0 Å². The van der Waals surface area contributed by atoms with Gasteiger partial charge in [0.15, 0.2) is 0 Å². The Kier molecular flexibility index (Phi) is 6.61. The van der Waals surface area contributed by atoms with E-state index in [-0.39, 0.29) is 6.42 Å². The van der Waals surface area contributed by atoms with Crippen molar-refractivity contribution >= 4 is 5.97 Å². The second-order valence-corrected chi connectivity index (χ2v) is 5.11. The lowest BCUT2D eigenvalue weighted by Gasteiger charge is -1.98. The Morgan fingerprint density at radius 2 is 1.04 bits per heavy atom. The van der Waals surface area contributed by atoms with E-state index in [2.05, 4.69) is 48.5 Å². The molecule has 0 spiro atoms. The van der Waals surface area contributed by atoms with Crippen molar-refractivity contribution in [1.82, 2.24) is 0 Å². The highest BCUT2D eigenvalue weighted by Gasteiger charge is 1.96. The number of carboxylic acids is 1. The molecule has 23 heavy (non-hydrogen) atoms. The average Bonchev–Trinajstić information content (AvgIpc) is 2.63. The van der Waals surface area contributed by atoms with E-state index in [1.165, 1.54) is 11.1 Å². The highest BCUT2D eigenvalue weighted by molar-refractivity contribution is 5.67. The van der Waals surface area contributed by atoms with E-state index in [4.69, 9.17) is 5.11 Å². The molecular formula is C21H20O2. The molecule has 0 atom stereocenters. The van der Waals surface area contributed by atoms with Gasteiger partial charge in [0.2, 0.25) is 0 Å². The fourth-order valence-electron chi connectivity index (χ4n) is 2.16. The van der Waals surface area contributed by atoms with E-state index in [9.17, 15) is 4.79 Å². The Balaban J connectivity index is 0.000000168. The molecule has 0 aliphatic carbocycles. The van der Waals surface area contributed by atoms with Gasteiger partial charge in [-0.25, -0.2) is 0 Å². The van der Waals surface area contributed by atoms with Crippen LogP contribution in [0, 0.1) is 0 Å². The summed E-state index contributed by atoms with van der Waals surface area (Å²) in [6.45, 7) is 0. The third kappa shape index (κ3) is 6.18. The standard InChI is InChI=1S/C12H10.C9H10O2/c1-3-7-11(8-4-1)12-9-5-2-6-10-12;10-9(11)7-6-8-4-2-1-3-5-8/h1-10H;1-5H,6-7H2,(H,10,11). The zero-order valence-corrected chi connectivity index (χ0v) is 12.9. The average molecular weight is 304 g/mol. The van der Waals surface area contributed by atoms with Gasteiger partial charge in [-0.15, -0.1) is 0 Å². The number of hydrogen-bond acceptors (Lipinski definition) is 1. The minimum atomic E-state index is -0.742. The topological polar surface area (TPSA) is 37.3 Å². The zero-order valence-electron chi connectivity index (χ0n) is 12.9. The molecule has 3 rings (SSSR count). The van der Waals surface area contributed by atoms with Gasteiger partial charge < -0.3 is 5.11 Å². The van der Waals surface area contributed by atoms with Crippen molar-refractivity contribution in [2.24, 2.45) is 0 Å². The highest BCUT2D eigenvalue weighted by atomic mass is 16.4. The predicted molar refractivity (Wildman–Crippen MR) is 94.3 cm³/mol. The van der Waals surface area contributed by atoms with Gasteiger partial charge in [-0.05, 0) is 23.1 Å². The Morgan fingerprint density at radius 3 is 1.43 bits per heavy atom. The monoisotopic (exact) mass is 304 g/mol. The summed E-state index contributed by atoms with van der Waals surface area (Å²) >= 11 is 0. The summed E-state index contributed by atoms with van der Waals surface area (Å²) in [6.07, 6.45) is 0.834. The molecule has 0 fully saturated rings. The first kappa shape index (κ1) is 16.5. The molecule has 116 valence electrons. The summed E-state index contributed by atoms with van der Waals surface area (Å²) in [5.41, 5.74) is 3.63. The summed E-state index contributed by atoms with van der Waals surface area (Å²) in [7, 11) is 0. The van der Waals surface area contributed by atoms with Crippen molar-refractivity contribution in [2.45, 2.75) is 12.8 Å². The molecular weight excluding hydrogens is 284 g/mol. The van der Waals surface area contributed by atoms with Gasteiger partial charge in [0.05, 0.1) is 0 Å². The van der Waals surface area contributed by atoms with Crippen molar-refractivity contribution in [1.29, 1.82) is 0 Å². The maximum atomic E-state index is 10.2. The number of aryl methyl sites for hydroxylation is 1. The number of benzene rings is 3. The Bertz CT molecular complexity index is 654. The SMILES string of the molecule is O=C(O)CCc1ccccc1.c1ccc(-c2ccccc2)cc1. The summed E-state index contributed by atoms with van der Waals surface area (Å²) < 4.78 is 0. The molecule has 0 aliphatic heterocycles. The van der Waals surface area contributed by atoms with Gasteiger partial charge in [0.1, 0.15) is 0 Å². The molecule has 1 N–H and O–H groups in total. The summed E-state index contributed by atoms with van der Waals surface area (Å²) in [5.74, 6) is -0.742. The normalized spacial score (nSPS) is 9.57. The lowest BCUT2D eigenvalue weighted by Crippen LogP contribution is -1.96. The van der Waals surface area contributed by atoms with Crippen LogP contribution in [0.1, 0.15) is 12.0 Å². The summed E-state index contributed by atoms with van der Waals surface area (Å²) in [6, 6.07) is 30.4. The van der Waals surface area contributed by atoms with Crippen LogP contribution in [0.4, 0.5) is 0 Å². The Hall–Kier alpha value is -2.87. The summed E-state index contributed by atoms with van der Waals surface area (Å²) in [4.78, 5) is 10.2. The summed E-state index contributed by atoms with van der Waals surface area (Å²) in [5, 5.41) is 8.37. The number of hydrogen-bond donors (Lipinski definition) is 1. The van der Waals surface area contributed by atoms with E-state index in [0.717, 1.165) is 5.56 Å². The van der Waals surface area contributed by atoms with Crippen molar-refractivity contribution in [3.8, 4) is 11.1 Å². The fraction of sp³-hybridized carbons (Fsp3) is 0.0952. The number of aliphatic carboxylic acids is 1. The van der Waals surface area contributed by atoms with Gasteiger partial charge in [-0.3, -0.25) is 4.79 Å². The zero-order chi connectivity index (χ0) is 16.3. The van der Waals surface area contributed by atoms with E-state index < -0.39 is 5.97 Å². The number of carbonyl (C=O) groups is 1. The van der Waals surface area contributed by atoms with E-state index >= 15 is 0 Å². The largest absolute Gasteiger partial charge is 0.481 e. The van der Waals surface area contributed by atoms with Crippen LogP contribution >= 0.6 is 0 Å². The van der Waals surface area contributed by atoms with Gasteiger partial charge in [-0.1, -0.05) is 91.0 Å². The first-order valence-corrected chi connectivity index (χ1v) is 7.62. The van der Waals surface area contributed by atoms with Crippen molar-refractivity contribution in [2.75, 3.05) is 0 Å². The molecule has 0 amide bonds. The molecule has 0 radical (unpaired) electrons. The molecule has 0 saturated carbocycles.